The van der Waals surface area contributed by atoms with E-state index in [4.69, 9.17) is 4.42 Å². The topological polar surface area (TPSA) is 90.5 Å². The summed E-state index contributed by atoms with van der Waals surface area (Å²) >= 11 is 0. The van der Waals surface area contributed by atoms with Gasteiger partial charge in [0.25, 0.3) is 0 Å². The van der Waals surface area contributed by atoms with Crippen LogP contribution in [0.25, 0.3) is 11.1 Å². The quantitative estimate of drug-likeness (QED) is 0.737. The van der Waals surface area contributed by atoms with E-state index < -0.39 is 23.7 Å². The van der Waals surface area contributed by atoms with Crippen molar-refractivity contribution in [1.29, 1.82) is 0 Å². The summed E-state index contributed by atoms with van der Waals surface area (Å²) in [7, 11) is 1.28. The van der Waals surface area contributed by atoms with Crippen molar-refractivity contribution >= 4 is 28.7 Å². The lowest BCUT2D eigenvalue weighted by molar-refractivity contribution is -0.118. The van der Waals surface area contributed by atoms with Crippen LogP contribution >= 0.6 is 0 Å². The van der Waals surface area contributed by atoms with Gasteiger partial charge in [-0.15, -0.1) is 0 Å². The molecule has 1 amide bonds. The van der Waals surface area contributed by atoms with Crippen molar-refractivity contribution in [3.05, 3.63) is 64.6 Å². The number of nitrogens with zero attached hydrogens (tertiary/aromatic N) is 1. The Morgan fingerprint density at radius 3 is 2.68 bits per heavy atom. The molecule has 1 aromatic heterocycles. The number of methoxy groups -OCH3 is 1. The Balaban J connectivity index is 1.87. The maximum absolute atomic E-state index is 12.5. The number of esters is 1. The maximum atomic E-state index is 12.5. The molecule has 0 saturated carbocycles. The third kappa shape index (κ3) is 3.16. The van der Waals surface area contributed by atoms with Crippen LogP contribution < -0.4 is 11.1 Å². The second-order valence-corrected chi connectivity index (χ2v) is 5.44. The predicted molar refractivity (Wildman–Crippen MR) is 91.6 cm³/mol. The van der Waals surface area contributed by atoms with E-state index in [0.717, 1.165) is 0 Å². The van der Waals surface area contributed by atoms with E-state index in [1.165, 1.54) is 17.7 Å². The summed E-state index contributed by atoms with van der Waals surface area (Å²) in [6, 6.07) is 12.5. The minimum atomic E-state index is -0.794. The van der Waals surface area contributed by atoms with Crippen LogP contribution in [0.4, 0.5) is 5.69 Å². The van der Waals surface area contributed by atoms with Crippen LogP contribution in [0.3, 0.4) is 0 Å². The van der Waals surface area contributed by atoms with Crippen molar-refractivity contribution < 1.29 is 18.7 Å². The van der Waals surface area contributed by atoms with Crippen LogP contribution in [0, 0.1) is 0 Å². The van der Waals surface area contributed by atoms with E-state index in [0.29, 0.717) is 22.4 Å². The minimum absolute atomic E-state index is 0.318. The Labute approximate surface area is 142 Å². The number of rotatable bonds is 4. The molecule has 128 valence electrons. The standard InChI is InChI=1S/C18H16N2O5/c1-11(20-14-8-3-4-9-15(14)25-18(20)23)16(21)19-13-7-5-6-12(10-13)17(22)24-2/h3-11H,1-2H3,(H,19,21). The van der Waals surface area contributed by atoms with Gasteiger partial charge in [-0.3, -0.25) is 9.36 Å². The summed E-state index contributed by atoms with van der Waals surface area (Å²) in [6.45, 7) is 1.60. The first-order valence-electron chi connectivity index (χ1n) is 7.60. The molecule has 3 aromatic rings. The van der Waals surface area contributed by atoms with E-state index in [1.807, 2.05) is 0 Å². The molecule has 2 aromatic carbocycles. The molecule has 1 unspecified atom stereocenters. The SMILES string of the molecule is COC(=O)c1cccc(NC(=O)C(C)n2c(=O)oc3ccccc32)c1. The lowest BCUT2D eigenvalue weighted by atomic mass is 10.2. The van der Waals surface area contributed by atoms with Gasteiger partial charge in [-0.1, -0.05) is 18.2 Å². The van der Waals surface area contributed by atoms with Crippen LogP contribution in [0.1, 0.15) is 23.3 Å². The second-order valence-electron chi connectivity index (χ2n) is 5.44. The molecule has 7 heteroatoms. The number of para-hydroxylation sites is 2. The highest BCUT2D eigenvalue weighted by molar-refractivity contribution is 5.96. The first-order valence-corrected chi connectivity index (χ1v) is 7.60. The number of hydrogen-bond acceptors (Lipinski definition) is 5. The molecular weight excluding hydrogens is 324 g/mol. The van der Waals surface area contributed by atoms with Gasteiger partial charge in [0.05, 0.1) is 18.2 Å². The molecular formula is C18H16N2O5. The van der Waals surface area contributed by atoms with Crippen LogP contribution in [0.15, 0.2) is 57.7 Å². The van der Waals surface area contributed by atoms with Gasteiger partial charge in [-0.05, 0) is 37.3 Å². The third-order valence-corrected chi connectivity index (χ3v) is 3.84. The van der Waals surface area contributed by atoms with Gasteiger partial charge in [-0.25, -0.2) is 9.59 Å². The summed E-state index contributed by atoms with van der Waals surface area (Å²) in [5, 5.41) is 2.69. The normalized spacial score (nSPS) is 11.9. The van der Waals surface area contributed by atoms with E-state index >= 15 is 0 Å². The zero-order valence-electron chi connectivity index (χ0n) is 13.7. The van der Waals surface area contributed by atoms with E-state index in [-0.39, 0.29) is 0 Å². The number of oxazole rings is 1. The Morgan fingerprint density at radius 1 is 1.16 bits per heavy atom. The largest absolute Gasteiger partial charge is 0.465 e. The molecule has 0 aliphatic rings. The number of aromatic nitrogens is 1. The van der Waals surface area contributed by atoms with Crippen molar-refractivity contribution in [1.82, 2.24) is 4.57 Å². The molecule has 7 nitrogen and oxygen atoms in total. The zero-order chi connectivity index (χ0) is 18.0. The molecule has 0 spiro atoms. The molecule has 1 N–H and O–H groups in total. The number of carbonyl (C=O) groups is 2. The van der Waals surface area contributed by atoms with Crippen LogP contribution in [-0.4, -0.2) is 23.6 Å². The lowest BCUT2D eigenvalue weighted by Crippen LogP contribution is -2.29. The fourth-order valence-electron chi connectivity index (χ4n) is 2.56. The molecule has 0 radical (unpaired) electrons. The van der Waals surface area contributed by atoms with E-state index in [9.17, 15) is 14.4 Å². The van der Waals surface area contributed by atoms with Gasteiger partial charge < -0.3 is 14.5 Å². The van der Waals surface area contributed by atoms with Gasteiger partial charge in [0.1, 0.15) is 6.04 Å². The molecule has 25 heavy (non-hydrogen) atoms. The van der Waals surface area contributed by atoms with E-state index in [2.05, 4.69) is 10.1 Å². The van der Waals surface area contributed by atoms with Crippen LogP contribution in [0.2, 0.25) is 0 Å². The molecule has 1 atom stereocenters. The monoisotopic (exact) mass is 340 g/mol. The second kappa shape index (κ2) is 6.64. The predicted octanol–water partition coefficient (Wildman–Crippen LogP) is 2.58. The highest BCUT2D eigenvalue weighted by atomic mass is 16.5. The van der Waals surface area contributed by atoms with Gasteiger partial charge in [0, 0.05) is 5.69 Å². The Bertz CT molecular complexity index is 1000. The number of hydrogen-bond donors (Lipinski definition) is 1. The molecule has 3 rings (SSSR count). The van der Waals surface area contributed by atoms with Gasteiger partial charge in [-0.2, -0.15) is 0 Å². The average Bonchev–Trinajstić information content (AvgIpc) is 2.96. The third-order valence-electron chi connectivity index (χ3n) is 3.84. The zero-order valence-corrected chi connectivity index (χ0v) is 13.7. The lowest BCUT2D eigenvalue weighted by Gasteiger charge is -2.13. The van der Waals surface area contributed by atoms with Gasteiger partial charge in [0.2, 0.25) is 5.91 Å². The number of nitrogens with one attached hydrogen (secondary N) is 1. The van der Waals surface area contributed by atoms with Crippen molar-refractivity contribution in [3.8, 4) is 0 Å². The molecule has 1 heterocycles. The van der Waals surface area contributed by atoms with Crippen LogP contribution in [-0.2, 0) is 9.53 Å². The molecule has 0 fully saturated rings. The van der Waals surface area contributed by atoms with Crippen LogP contribution in [0.5, 0.6) is 0 Å². The highest BCUT2D eigenvalue weighted by Gasteiger charge is 2.21. The van der Waals surface area contributed by atoms with E-state index in [1.54, 1.807) is 49.4 Å². The number of amides is 1. The molecule has 0 aliphatic heterocycles. The average molecular weight is 340 g/mol. The summed E-state index contributed by atoms with van der Waals surface area (Å²) in [6.07, 6.45) is 0. The Kier molecular flexibility index (Phi) is 4.38. The minimum Gasteiger partial charge on any atom is -0.465 e. The summed E-state index contributed by atoms with van der Waals surface area (Å²) < 4.78 is 11.1. The van der Waals surface area contributed by atoms with Gasteiger partial charge in [0.15, 0.2) is 5.58 Å². The van der Waals surface area contributed by atoms with Gasteiger partial charge >= 0.3 is 11.7 Å². The van der Waals surface area contributed by atoms with Crippen molar-refractivity contribution in [3.63, 3.8) is 0 Å². The Morgan fingerprint density at radius 2 is 1.92 bits per heavy atom. The number of benzene rings is 2. The first kappa shape index (κ1) is 16.5. The number of fused-ring (bicyclic) bond motifs is 1. The Hall–Kier alpha value is -3.35. The number of carbonyl (C=O) groups excluding carboxylic acids is 2. The number of anilines is 1. The fourth-order valence-corrected chi connectivity index (χ4v) is 2.56. The smallest absolute Gasteiger partial charge is 0.420 e. The first-order chi connectivity index (χ1) is 12.0. The highest BCUT2D eigenvalue weighted by Crippen LogP contribution is 2.19. The summed E-state index contributed by atoms with van der Waals surface area (Å²) in [4.78, 5) is 36.2. The van der Waals surface area contributed by atoms with Crippen molar-refractivity contribution in [2.45, 2.75) is 13.0 Å². The maximum Gasteiger partial charge on any atom is 0.420 e. The van der Waals surface area contributed by atoms with Crippen molar-refractivity contribution in [2.24, 2.45) is 0 Å². The van der Waals surface area contributed by atoms with Crippen molar-refractivity contribution in [2.75, 3.05) is 12.4 Å². The molecule has 0 saturated heterocycles. The fraction of sp³-hybridized carbons (Fsp3) is 0.167. The summed E-state index contributed by atoms with van der Waals surface area (Å²) in [5.74, 6) is -1.51. The molecule has 0 aliphatic carbocycles. The molecule has 0 bridgehead atoms. The number of ether oxygens (including phenoxy) is 1. The summed E-state index contributed by atoms with van der Waals surface area (Å²) in [5.41, 5.74) is 1.71.